The number of ether oxygens (including phenoxy) is 2. The van der Waals surface area contributed by atoms with Gasteiger partial charge in [-0.15, -0.1) is 0 Å². The zero-order valence-electron chi connectivity index (χ0n) is 21.0. The second-order valence-electron chi connectivity index (χ2n) is 9.92. The van der Waals surface area contributed by atoms with Crippen LogP contribution in [0.1, 0.15) is 51.8 Å². The predicted molar refractivity (Wildman–Crippen MR) is 134 cm³/mol. The van der Waals surface area contributed by atoms with E-state index in [2.05, 4.69) is 10.6 Å². The number of amides is 2. The second-order valence-corrected chi connectivity index (χ2v) is 9.92. The number of esters is 1. The minimum absolute atomic E-state index is 0.0556. The molecule has 3 N–H and O–H groups in total. The normalized spacial score (nSPS) is 18.7. The van der Waals surface area contributed by atoms with Gasteiger partial charge >= 0.3 is 5.97 Å². The standard InChI is InChI=1S/C27H25FN4O7/c1-12-14-3-2-13(8-38-11-30-21(34)6-29-10-33)22-16-7-32-20(24(16)31-19(23(14)22)5-18(12)28)4-15-17(26(32)36)9-39-27(37)25(15)35/h4-5,10,13,25,35H,2-3,6-9,11H2,1H3,(H,29,33)(H,30,34). The zero-order valence-corrected chi connectivity index (χ0v) is 21.0. The number of halogens is 1. The van der Waals surface area contributed by atoms with Crippen molar-refractivity contribution < 1.29 is 33.4 Å². The van der Waals surface area contributed by atoms with E-state index in [9.17, 15) is 28.7 Å². The van der Waals surface area contributed by atoms with E-state index < -0.39 is 18.0 Å². The Morgan fingerprint density at radius 3 is 2.92 bits per heavy atom. The Labute approximate surface area is 220 Å². The molecule has 0 radical (unpaired) electrons. The van der Waals surface area contributed by atoms with E-state index in [1.165, 1.54) is 6.07 Å². The number of rotatable bonds is 7. The molecular formula is C27H25FN4O7. The molecule has 0 saturated carbocycles. The quantitative estimate of drug-likeness (QED) is 0.136. The molecule has 3 aromatic rings. The van der Waals surface area contributed by atoms with Crippen molar-refractivity contribution in [2.45, 2.75) is 44.9 Å². The van der Waals surface area contributed by atoms with E-state index in [-0.39, 0.29) is 61.5 Å². The first-order chi connectivity index (χ1) is 18.8. The van der Waals surface area contributed by atoms with Crippen molar-refractivity contribution in [1.82, 2.24) is 20.2 Å². The lowest BCUT2D eigenvalue weighted by Crippen LogP contribution is -2.35. The lowest BCUT2D eigenvalue weighted by Gasteiger charge is -2.29. The maximum atomic E-state index is 14.9. The van der Waals surface area contributed by atoms with Crippen LogP contribution in [0, 0.1) is 12.7 Å². The Balaban J connectivity index is 1.43. The third kappa shape index (κ3) is 3.98. The maximum absolute atomic E-state index is 14.9. The smallest absolute Gasteiger partial charge is 0.340 e. The molecule has 12 heteroatoms. The zero-order chi connectivity index (χ0) is 27.4. The number of carbonyl (C=O) groups is 3. The van der Waals surface area contributed by atoms with Gasteiger partial charge in [-0.25, -0.2) is 14.2 Å². The van der Waals surface area contributed by atoms with Crippen molar-refractivity contribution in [3.8, 4) is 11.4 Å². The summed E-state index contributed by atoms with van der Waals surface area (Å²) in [6.07, 6.45) is 0.141. The largest absolute Gasteiger partial charge is 0.458 e. The molecule has 2 aromatic heterocycles. The molecule has 2 unspecified atom stereocenters. The Bertz CT molecular complexity index is 1630. The summed E-state index contributed by atoms with van der Waals surface area (Å²) < 4.78 is 27.2. The highest BCUT2D eigenvalue weighted by molar-refractivity contribution is 5.93. The first-order valence-electron chi connectivity index (χ1n) is 12.6. The van der Waals surface area contributed by atoms with Crippen molar-refractivity contribution >= 4 is 29.2 Å². The summed E-state index contributed by atoms with van der Waals surface area (Å²) in [5.74, 6) is -1.70. The maximum Gasteiger partial charge on any atom is 0.340 e. The number of aryl methyl sites for hydroxylation is 1. The molecule has 2 aliphatic heterocycles. The van der Waals surface area contributed by atoms with Crippen molar-refractivity contribution in [1.29, 1.82) is 0 Å². The Hall–Kier alpha value is -4.16. The molecule has 11 nitrogen and oxygen atoms in total. The molecular weight excluding hydrogens is 511 g/mol. The highest BCUT2D eigenvalue weighted by Crippen LogP contribution is 2.46. The lowest BCUT2D eigenvalue weighted by atomic mass is 9.78. The molecule has 0 fully saturated rings. The lowest BCUT2D eigenvalue weighted by molar-refractivity contribution is -0.157. The van der Waals surface area contributed by atoms with Crippen molar-refractivity contribution in [3.63, 3.8) is 0 Å². The number of aromatic nitrogens is 2. The topological polar surface area (TPSA) is 149 Å². The van der Waals surface area contributed by atoms with E-state index in [0.29, 0.717) is 41.7 Å². The molecule has 6 rings (SSSR count). The van der Waals surface area contributed by atoms with Crippen LogP contribution in [0.5, 0.6) is 0 Å². The first kappa shape index (κ1) is 25.1. The van der Waals surface area contributed by atoms with Crippen LogP contribution >= 0.6 is 0 Å². The molecule has 0 saturated heterocycles. The molecule has 202 valence electrons. The summed E-state index contributed by atoms with van der Waals surface area (Å²) in [4.78, 5) is 52.3. The number of carbonyl (C=O) groups excluding carboxylic acids is 3. The summed E-state index contributed by atoms with van der Waals surface area (Å²) in [7, 11) is 0. The van der Waals surface area contributed by atoms with Gasteiger partial charge in [0.2, 0.25) is 12.3 Å². The third-order valence-electron chi connectivity index (χ3n) is 7.80. The number of aliphatic hydroxyl groups is 1. The second kappa shape index (κ2) is 9.54. The molecule has 0 spiro atoms. The van der Waals surface area contributed by atoms with Crippen LogP contribution in [0.4, 0.5) is 4.39 Å². The fraction of sp³-hybridized carbons (Fsp3) is 0.370. The molecule has 1 aliphatic carbocycles. The van der Waals surface area contributed by atoms with Crippen LogP contribution in [-0.4, -0.2) is 52.8 Å². The summed E-state index contributed by atoms with van der Waals surface area (Å²) in [6, 6.07) is 2.99. The summed E-state index contributed by atoms with van der Waals surface area (Å²) in [5.41, 5.74) is 4.60. The molecule has 3 aliphatic rings. The third-order valence-corrected chi connectivity index (χ3v) is 7.80. The number of aliphatic hydroxyl groups excluding tert-OH is 1. The first-order valence-corrected chi connectivity index (χ1v) is 12.6. The highest BCUT2D eigenvalue weighted by Gasteiger charge is 2.37. The summed E-state index contributed by atoms with van der Waals surface area (Å²) in [6.45, 7) is 1.79. The Kier molecular flexibility index (Phi) is 6.15. The van der Waals surface area contributed by atoms with Gasteiger partial charge in [-0.05, 0) is 42.5 Å². The average Bonchev–Trinajstić information content (AvgIpc) is 3.29. The molecule has 4 heterocycles. The van der Waals surface area contributed by atoms with Crippen LogP contribution in [0.15, 0.2) is 16.9 Å². The summed E-state index contributed by atoms with van der Waals surface area (Å²) in [5, 5.41) is 16.1. The van der Waals surface area contributed by atoms with Gasteiger partial charge in [-0.1, -0.05) is 0 Å². The molecule has 2 amide bonds. The molecule has 2 atom stereocenters. The number of pyridine rings is 2. The van der Waals surface area contributed by atoms with Crippen LogP contribution < -0.4 is 16.2 Å². The van der Waals surface area contributed by atoms with Gasteiger partial charge in [-0.3, -0.25) is 14.4 Å². The van der Waals surface area contributed by atoms with Crippen LogP contribution in [0.2, 0.25) is 0 Å². The monoisotopic (exact) mass is 536 g/mol. The van der Waals surface area contributed by atoms with Gasteiger partial charge in [-0.2, -0.15) is 0 Å². The van der Waals surface area contributed by atoms with Crippen LogP contribution in [0.25, 0.3) is 22.3 Å². The molecule has 1 aromatic carbocycles. The van der Waals surface area contributed by atoms with Gasteiger partial charge in [0.15, 0.2) is 6.10 Å². The van der Waals surface area contributed by atoms with E-state index in [1.54, 1.807) is 17.6 Å². The van der Waals surface area contributed by atoms with Crippen LogP contribution in [0.3, 0.4) is 0 Å². The SMILES string of the molecule is Cc1c(F)cc2nc3c(c4c2c1CCC4COCNC(=O)CNC=O)Cn1c-3cc2c(c1=O)COC(=O)C2O. The van der Waals surface area contributed by atoms with Gasteiger partial charge in [0, 0.05) is 28.5 Å². The predicted octanol–water partition coefficient (Wildman–Crippen LogP) is 0.829. The van der Waals surface area contributed by atoms with Crippen molar-refractivity contribution in [3.05, 3.63) is 61.7 Å². The van der Waals surface area contributed by atoms with E-state index in [4.69, 9.17) is 14.5 Å². The van der Waals surface area contributed by atoms with E-state index >= 15 is 0 Å². The number of nitrogens with one attached hydrogen (secondary N) is 2. The van der Waals surface area contributed by atoms with Crippen molar-refractivity contribution in [2.75, 3.05) is 19.9 Å². The number of hydrogen-bond acceptors (Lipinski definition) is 8. The van der Waals surface area contributed by atoms with Gasteiger partial charge in [0.25, 0.3) is 5.56 Å². The Morgan fingerprint density at radius 2 is 2.13 bits per heavy atom. The number of hydrogen-bond donors (Lipinski definition) is 3. The van der Waals surface area contributed by atoms with E-state index in [1.807, 2.05) is 0 Å². The number of fused-ring (bicyclic) bond motifs is 5. The van der Waals surface area contributed by atoms with Crippen molar-refractivity contribution in [2.24, 2.45) is 0 Å². The van der Waals surface area contributed by atoms with Gasteiger partial charge in [0.1, 0.15) is 19.2 Å². The average molecular weight is 537 g/mol. The summed E-state index contributed by atoms with van der Waals surface area (Å²) >= 11 is 0. The van der Waals surface area contributed by atoms with Gasteiger partial charge in [0.05, 0.1) is 42.2 Å². The fourth-order valence-electron chi connectivity index (χ4n) is 5.89. The van der Waals surface area contributed by atoms with Crippen LogP contribution in [-0.2, 0) is 43.4 Å². The minimum atomic E-state index is -1.57. The molecule has 39 heavy (non-hydrogen) atoms. The number of cyclic esters (lactones) is 1. The molecule has 0 bridgehead atoms. The fourth-order valence-corrected chi connectivity index (χ4v) is 5.89. The Morgan fingerprint density at radius 1 is 1.31 bits per heavy atom. The number of nitrogens with zero attached hydrogens (tertiary/aromatic N) is 2. The minimum Gasteiger partial charge on any atom is -0.458 e. The van der Waals surface area contributed by atoms with Gasteiger partial charge < -0.3 is 29.8 Å². The highest BCUT2D eigenvalue weighted by atomic mass is 19.1. The number of benzene rings is 1. The van der Waals surface area contributed by atoms with E-state index in [0.717, 1.165) is 22.1 Å².